The lowest BCUT2D eigenvalue weighted by molar-refractivity contribution is -0.114. The van der Waals surface area contributed by atoms with E-state index < -0.39 is 0 Å². The molecule has 1 aromatic rings. The minimum Gasteiger partial charge on any atom is -0.357 e. The van der Waals surface area contributed by atoms with Gasteiger partial charge in [0.05, 0.1) is 0 Å². The summed E-state index contributed by atoms with van der Waals surface area (Å²) >= 11 is 0. The molecule has 0 atom stereocenters. The smallest absolute Gasteiger partial charge is 0.246 e. The number of carbonyl (C=O) groups excluding carboxylic acids is 1. The second-order valence-electron chi connectivity index (χ2n) is 5.89. The van der Waals surface area contributed by atoms with Crippen molar-refractivity contribution in [2.75, 3.05) is 25.0 Å². The number of allylic oxidation sites excluding steroid dienone is 1. The number of amides is 1. The SMILES string of the molecule is CCNC(=NCC(=O)Nc1ccccc1)NCCC1=CCCCC1.I. The Hall–Kier alpha value is -1.57. The van der Waals surface area contributed by atoms with Crippen molar-refractivity contribution in [3.63, 3.8) is 0 Å². The van der Waals surface area contributed by atoms with Crippen LogP contribution in [0.15, 0.2) is 47.0 Å². The Morgan fingerprint density at radius 1 is 1.16 bits per heavy atom. The molecule has 0 saturated heterocycles. The highest BCUT2D eigenvalue weighted by molar-refractivity contribution is 14.0. The molecule has 138 valence electrons. The molecule has 25 heavy (non-hydrogen) atoms. The van der Waals surface area contributed by atoms with Crippen molar-refractivity contribution in [1.82, 2.24) is 10.6 Å². The topological polar surface area (TPSA) is 65.5 Å². The van der Waals surface area contributed by atoms with Crippen LogP contribution in [0.1, 0.15) is 39.0 Å². The van der Waals surface area contributed by atoms with Crippen LogP contribution < -0.4 is 16.0 Å². The van der Waals surface area contributed by atoms with Gasteiger partial charge in [-0.05, 0) is 51.2 Å². The molecule has 1 amide bonds. The number of guanidine groups is 1. The van der Waals surface area contributed by atoms with Gasteiger partial charge in [-0.15, -0.1) is 24.0 Å². The van der Waals surface area contributed by atoms with Gasteiger partial charge < -0.3 is 16.0 Å². The van der Waals surface area contributed by atoms with Gasteiger partial charge in [-0.3, -0.25) is 4.79 Å². The molecule has 0 saturated carbocycles. The van der Waals surface area contributed by atoms with Gasteiger partial charge >= 0.3 is 0 Å². The highest BCUT2D eigenvalue weighted by atomic mass is 127. The summed E-state index contributed by atoms with van der Waals surface area (Å²) in [5.41, 5.74) is 2.33. The second kappa shape index (κ2) is 12.7. The molecule has 0 heterocycles. The molecule has 0 fully saturated rings. The summed E-state index contributed by atoms with van der Waals surface area (Å²) in [7, 11) is 0. The number of halogens is 1. The predicted octanol–water partition coefficient (Wildman–Crippen LogP) is 3.69. The van der Waals surface area contributed by atoms with Crippen LogP contribution in [0.3, 0.4) is 0 Å². The Kier molecular flexibility index (Phi) is 10.9. The van der Waals surface area contributed by atoms with Crippen molar-refractivity contribution in [2.45, 2.75) is 39.0 Å². The Morgan fingerprint density at radius 2 is 1.96 bits per heavy atom. The lowest BCUT2D eigenvalue weighted by atomic mass is 9.97. The molecular weight excluding hydrogens is 427 g/mol. The third-order valence-corrected chi connectivity index (χ3v) is 3.91. The number of para-hydroxylation sites is 1. The summed E-state index contributed by atoms with van der Waals surface area (Å²) in [6, 6.07) is 9.43. The third kappa shape index (κ3) is 8.90. The van der Waals surface area contributed by atoms with Gasteiger partial charge in [0.2, 0.25) is 5.91 Å². The van der Waals surface area contributed by atoms with Crippen molar-refractivity contribution >= 4 is 41.5 Å². The fraction of sp³-hybridized carbons (Fsp3) is 0.474. The molecule has 6 heteroatoms. The molecule has 0 bridgehead atoms. The van der Waals surface area contributed by atoms with Crippen molar-refractivity contribution in [3.8, 4) is 0 Å². The number of benzene rings is 1. The third-order valence-electron chi connectivity index (χ3n) is 3.91. The van der Waals surface area contributed by atoms with Crippen LogP contribution >= 0.6 is 24.0 Å². The summed E-state index contributed by atoms with van der Waals surface area (Å²) in [5.74, 6) is 0.575. The Labute approximate surface area is 167 Å². The Morgan fingerprint density at radius 3 is 2.64 bits per heavy atom. The molecule has 1 aliphatic rings. The number of hydrogen-bond donors (Lipinski definition) is 3. The molecule has 1 aromatic carbocycles. The molecule has 1 aliphatic carbocycles. The van der Waals surface area contributed by atoms with E-state index in [1.165, 1.54) is 31.3 Å². The van der Waals surface area contributed by atoms with Crippen LogP contribution in [0.5, 0.6) is 0 Å². The van der Waals surface area contributed by atoms with Gasteiger partial charge in [-0.2, -0.15) is 0 Å². The minimum atomic E-state index is -0.117. The van der Waals surface area contributed by atoms with E-state index >= 15 is 0 Å². The summed E-state index contributed by atoms with van der Waals surface area (Å²) in [6.07, 6.45) is 8.46. The van der Waals surface area contributed by atoms with Gasteiger partial charge in [-0.1, -0.05) is 29.8 Å². The highest BCUT2D eigenvalue weighted by Crippen LogP contribution is 2.19. The van der Waals surface area contributed by atoms with E-state index in [-0.39, 0.29) is 36.4 Å². The first-order valence-electron chi connectivity index (χ1n) is 8.83. The minimum absolute atomic E-state index is 0. The number of aliphatic imine (C=N–C) groups is 1. The highest BCUT2D eigenvalue weighted by Gasteiger charge is 2.05. The first kappa shape index (κ1) is 21.5. The lowest BCUT2D eigenvalue weighted by Crippen LogP contribution is -2.38. The molecular formula is C19H29IN4O. The monoisotopic (exact) mass is 456 g/mol. The van der Waals surface area contributed by atoms with Gasteiger partial charge in [0, 0.05) is 18.8 Å². The number of nitrogens with one attached hydrogen (secondary N) is 3. The summed E-state index contributed by atoms with van der Waals surface area (Å²) in [6.45, 7) is 3.74. The van der Waals surface area contributed by atoms with E-state index in [9.17, 15) is 4.79 Å². The van der Waals surface area contributed by atoms with Gasteiger partial charge in [0.15, 0.2) is 5.96 Å². The van der Waals surface area contributed by atoms with E-state index in [0.29, 0.717) is 5.96 Å². The van der Waals surface area contributed by atoms with E-state index in [1.807, 2.05) is 37.3 Å². The van der Waals surface area contributed by atoms with Crippen molar-refractivity contribution < 1.29 is 4.79 Å². The van der Waals surface area contributed by atoms with E-state index in [1.54, 1.807) is 0 Å². The summed E-state index contributed by atoms with van der Waals surface area (Å²) < 4.78 is 0. The molecule has 0 radical (unpaired) electrons. The maximum absolute atomic E-state index is 12.0. The number of carbonyl (C=O) groups is 1. The largest absolute Gasteiger partial charge is 0.357 e. The zero-order valence-electron chi connectivity index (χ0n) is 14.9. The molecule has 0 spiro atoms. The average molecular weight is 456 g/mol. The van der Waals surface area contributed by atoms with E-state index in [4.69, 9.17) is 0 Å². The number of rotatable bonds is 7. The first-order valence-corrected chi connectivity index (χ1v) is 8.83. The normalized spacial score (nSPS) is 14.1. The van der Waals surface area contributed by atoms with Gasteiger partial charge in [-0.25, -0.2) is 4.99 Å². The number of nitrogens with zero attached hydrogens (tertiary/aromatic N) is 1. The zero-order valence-corrected chi connectivity index (χ0v) is 17.2. The Bertz CT molecular complexity index is 572. The van der Waals surface area contributed by atoms with E-state index in [2.05, 4.69) is 27.0 Å². The fourth-order valence-electron chi connectivity index (χ4n) is 2.69. The molecule has 3 N–H and O–H groups in total. The van der Waals surface area contributed by atoms with Crippen LogP contribution in [0.4, 0.5) is 5.69 Å². The Balaban J connectivity index is 0.00000312. The second-order valence-corrected chi connectivity index (χ2v) is 5.89. The average Bonchev–Trinajstić information content (AvgIpc) is 2.61. The summed E-state index contributed by atoms with van der Waals surface area (Å²) in [5, 5.41) is 9.32. The van der Waals surface area contributed by atoms with Crippen molar-refractivity contribution in [2.24, 2.45) is 4.99 Å². The van der Waals surface area contributed by atoms with E-state index in [0.717, 1.165) is 25.2 Å². The molecule has 0 aliphatic heterocycles. The van der Waals surface area contributed by atoms with Crippen LogP contribution in [0.2, 0.25) is 0 Å². The molecule has 5 nitrogen and oxygen atoms in total. The van der Waals surface area contributed by atoms with Crippen molar-refractivity contribution in [1.29, 1.82) is 0 Å². The summed E-state index contributed by atoms with van der Waals surface area (Å²) in [4.78, 5) is 16.3. The van der Waals surface area contributed by atoms with Crippen LogP contribution in [-0.2, 0) is 4.79 Å². The molecule has 2 rings (SSSR count). The fourth-order valence-corrected chi connectivity index (χ4v) is 2.69. The number of hydrogen-bond acceptors (Lipinski definition) is 2. The van der Waals surface area contributed by atoms with Crippen LogP contribution in [0, 0.1) is 0 Å². The quantitative estimate of drug-likeness (QED) is 0.254. The van der Waals surface area contributed by atoms with Crippen LogP contribution in [0.25, 0.3) is 0 Å². The van der Waals surface area contributed by atoms with Crippen molar-refractivity contribution in [3.05, 3.63) is 42.0 Å². The van der Waals surface area contributed by atoms with Gasteiger partial charge in [0.1, 0.15) is 6.54 Å². The first-order chi connectivity index (χ1) is 11.8. The van der Waals surface area contributed by atoms with Crippen LogP contribution in [-0.4, -0.2) is 31.5 Å². The maximum Gasteiger partial charge on any atom is 0.246 e. The maximum atomic E-state index is 12.0. The standard InChI is InChI=1S/C19H28N4O.HI/c1-2-20-19(21-14-13-16-9-5-3-6-10-16)22-15-18(24)23-17-11-7-4-8-12-17;/h4,7-9,11-12H,2-3,5-6,10,13-15H2,1H3,(H,23,24)(H2,20,21,22);1H. The molecule has 0 unspecified atom stereocenters. The van der Waals surface area contributed by atoms with Gasteiger partial charge in [0.25, 0.3) is 0 Å². The number of anilines is 1. The zero-order chi connectivity index (χ0) is 17.0. The molecule has 0 aromatic heterocycles. The predicted molar refractivity (Wildman–Crippen MR) is 116 cm³/mol. The lowest BCUT2D eigenvalue weighted by Gasteiger charge is -2.15.